The number of carbonyl (C=O) groups is 3. The summed E-state index contributed by atoms with van der Waals surface area (Å²) in [4.78, 5) is 33.4. The molecule has 1 fully saturated rings. The molecule has 0 bridgehead atoms. The lowest BCUT2D eigenvalue weighted by Crippen LogP contribution is -2.51. The highest BCUT2D eigenvalue weighted by molar-refractivity contribution is 5.93. The second-order valence-electron chi connectivity index (χ2n) is 4.39. The molecule has 2 N–H and O–H groups in total. The predicted octanol–water partition coefficient (Wildman–Crippen LogP) is -0.225. The summed E-state index contributed by atoms with van der Waals surface area (Å²) in [5, 5.41) is 11.1. The molecule has 0 aromatic carbocycles. The van der Waals surface area contributed by atoms with Crippen LogP contribution in [0.4, 0.5) is 0 Å². The number of methoxy groups -OCH3 is 1. The van der Waals surface area contributed by atoms with Crippen molar-refractivity contribution in [3.63, 3.8) is 0 Å². The number of amides is 1. The molecule has 0 aliphatic heterocycles. The van der Waals surface area contributed by atoms with Crippen molar-refractivity contribution in [2.75, 3.05) is 7.11 Å². The topological polar surface area (TPSA) is 92.7 Å². The average molecular weight is 229 g/mol. The van der Waals surface area contributed by atoms with Crippen molar-refractivity contribution in [1.29, 1.82) is 0 Å². The van der Waals surface area contributed by atoms with Gasteiger partial charge in [0.05, 0.1) is 18.9 Å². The van der Waals surface area contributed by atoms with Gasteiger partial charge in [-0.05, 0) is 20.3 Å². The zero-order valence-corrected chi connectivity index (χ0v) is 9.44. The Morgan fingerprint density at radius 1 is 1.31 bits per heavy atom. The van der Waals surface area contributed by atoms with Crippen molar-refractivity contribution in [1.82, 2.24) is 5.32 Å². The van der Waals surface area contributed by atoms with Crippen LogP contribution in [0.3, 0.4) is 0 Å². The molecule has 1 rings (SSSR count). The van der Waals surface area contributed by atoms with E-state index in [0.29, 0.717) is 6.42 Å². The van der Waals surface area contributed by atoms with Crippen LogP contribution in [0.1, 0.15) is 20.3 Å². The number of carboxylic acids is 1. The molecule has 2 unspecified atom stereocenters. The zero-order valence-electron chi connectivity index (χ0n) is 9.44. The lowest BCUT2D eigenvalue weighted by molar-refractivity contribution is -0.149. The Labute approximate surface area is 93.0 Å². The van der Waals surface area contributed by atoms with Gasteiger partial charge in [0, 0.05) is 0 Å². The molecule has 1 amide bonds. The summed E-state index contributed by atoms with van der Waals surface area (Å²) in [6.07, 6.45) is 0.332. The number of carboxylic acid groups (broad SMARTS) is 1. The van der Waals surface area contributed by atoms with Gasteiger partial charge in [0.15, 0.2) is 0 Å². The first kappa shape index (κ1) is 12.5. The standard InChI is InChI=1S/C10H15NO5/c1-10(2,9(15)16-3)11-7(12)5-4-6(5)8(13)14/h5-6H,4H2,1-3H3,(H,11,12)(H,13,14). The molecule has 1 saturated carbocycles. The molecular formula is C10H15NO5. The van der Waals surface area contributed by atoms with Crippen molar-refractivity contribution in [3.8, 4) is 0 Å². The number of rotatable bonds is 4. The van der Waals surface area contributed by atoms with Crippen LogP contribution in [-0.2, 0) is 19.1 Å². The van der Waals surface area contributed by atoms with Gasteiger partial charge in [-0.25, -0.2) is 4.79 Å². The third-order valence-corrected chi connectivity index (χ3v) is 2.58. The monoisotopic (exact) mass is 229 g/mol. The highest BCUT2D eigenvalue weighted by atomic mass is 16.5. The Kier molecular flexibility index (Phi) is 3.21. The largest absolute Gasteiger partial charge is 0.481 e. The number of hydrogen-bond donors (Lipinski definition) is 2. The van der Waals surface area contributed by atoms with Crippen LogP contribution in [0.2, 0.25) is 0 Å². The molecule has 90 valence electrons. The fourth-order valence-corrected chi connectivity index (χ4v) is 1.46. The number of esters is 1. The highest BCUT2D eigenvalue weighted by Crippen LogP contribution is 2.39. The molecule has 1 aliphatic rings. The smallest absolute Gasteiger partial charge is 0.330 e. The number of carbonyl (C=O) groups excluding carboxylic acids is 2. The van der Waals surface area contributed by atoms with Crippen molar-refractivity contribution in [2.24, 2.45) is 11.8 Å². The van der Waals surface area contributed by atoms with Gasteiger partial charge in [-0.15, -0.1) is 0 Å². The van der Waals surface area contributed by atoms with E-state index in [9.17, 15) is 14.4 Å². The van der Waals surface area contributed by atoms with Gasteiger partial charge in [-0.1, -0.05) is 0 Å². The van der Waals surface area contributed by atoms with E-state index >= 15 is 0 Å². The first-order valence-corrected chi connectivity index (χ1v) is 4.93. The minimum absolute atomic E-state index is 0.332. The normalized spacial score (nSPS) is 23.4. The second kappa shape index (κ2) is 4.11. The number of aliphatic carboxylic acids is 1. The number of nitrogens with one attached hydrogen (secondary N) is 1. The van der Waals surface area contributed by atoms with Crippen LogP contribution >= 0.6 is 0 Å². The van der Waals surface area contributed by atoms with E-state index in [-0.39, 0.29) is 0 Å². The molecule has 6 heteroatoms. The summed E-state index contributed by atoms with van der Waals surface area (Å²) in [6.45, 7) is 3.02. The minimum Gasteiger partial charge on any atom is -0.481 e. The van der Waals surface area contributed by atoms with Gasteiger partial charge in [0.25, 0.3) is 0 Å². The Hall–Kier alpha value is -1.59. The van der Waals surface area contributed by atoms with Crippen molar-refractivity contribution in [2.45, 2.75) is 25.8 Å². The lowest BCUT2D eigenvalue weighted by Gasteiger charge is -2.23. The Bertz CT molecular complexity index is 336. The zero-order chi connectivity index (χ0) is 12.5. The number of hydrogen-bond acceptors (Lipinski definition) is 4. The van der Waals surface area contributed by atoms with Crippen LogP contribution in [0.25, 0.3) is 0 Å². The van der Waals surface area contributed by atoms with Gasteiger partial charge in [0.1, 0.15) is 5.54 Å². The Balaban J connectivity index is 2.53. The van der Waals surface area contributed by atoms with Gasteiger partial charge in [0.2, 0.25) is 5.91 Å². The Morgan fingerprint density at radius 3 is 2.25 bits per heavy atom. The van der Waals surface area contributed by atoms with Crippen molar-refractivity contribution >= 4 is 17.8 Å². The van der Waals surface area contributed by atoms with Crippen molar-refractivity contribution < 1.29 is 24.2 Å². The fourth-order valence-electron chi connectivity index (χ4n) is 1.46. The van der Waals surface area contributed by atoms with Crippen LogP contribution in [0.15, 0.2) is 0 Å². The van der Waals surface area contributed by atoms with Crippen LogP contribution in [0, 0.1) is 11.8 Å². The summed E-state index contributed by atoms with van der Waals surface area (Å²) in [5.74, 6) is -3.10. The van der Waals surface area contributed by atoms with E-state index in [1.54, 1.807) is 0 Å². The van der Waals surface area contributed by atoms with E-state index in [2.05, 4.69) is 10.1 Å². The molecule has 1 aliphatic carbocycles. The van der Waals surface area contributed by atoms with Gasteiger partial charge >= 0.3 is 11.9 Å². The summed E-state index contributed by atoms with van der Waals surface area (Å²) < 4.78 is 4.52. The molecule has 0 aromatic rings. The maximum atomic E-state index is 11.6. The molecule has 0 radical (unpaired) electrons. The molecule has 0 saturated heterocycles. The minimum atomic E-state index is -1.13. The number of ether oxygens (including phenoxy) is 1. The maximum absolute atomic E-state index is 11.6. The summed E-state index contributed by atoms with van der Waals surface area (Å²) in [7, 11) is 1.23. The lowest BCUT2D eigenvalue weighted by atomic mass is 10.1. The predicted molar refractivity (Wildman–Crippen MR) is 53.5 cm³/mol. The van der Waals surface area contributed by atoms with Crippen molar-refractivity contribution in [3.05, 3.63) is 0 Å². The third kappa shape index (κ3) is 2.50. The summed E-state index contributed by atoms with van der Waals surface area (Å²) >= 11 is 0. The molecular weight excluding hydrogens is 214 g/mol. The van der Waals surface area contributed by atoms with E-state index in [1.807, 2.05) is 0 Å². The highest BCUT2D eigenvalue weighted by Gasteiger charge is 2.49. The fraction of sp³-hybridized carbons (Fsp3) is 0.700. The van der Waals surface area contributed by atoms with Crippen LogP contribution in [0.5, 0.6) is 0 Å². The maximum Gasteiger partial charge on any atom is 0.330 e. The van der Waals surface area contributed by atoms with Crippen LogP contribution < -0.4 is 5.32 Å². The molecule has 16 heavy (non-hydrogen) atoms. The first-order chi connectivity index (χ1) is 7.29. The Morgan fingerprint density at radius 2 is 1.88 bits per heavy atom. The molecule has 0 heterocycles. The quantitative estimate of drug-likeness (QED) is 0.650. The van der Waals surface area contributed by atoms with E-state index in [4.69, 9.17) is 5.11 Å². The van der Waals surface area contributed by atoms with Crippen LogP contribution in [-0.4, -0.2) is 35.6 Å². The summed E-state index contributed by atoms with van der Waals surface area (Å²) in [6, 6.07) is 0. The average Bonchev–Trinajstić information content (AvgIpc) is 2.94. The van der Waals surface area contributed by atoms with Gasteiger partial charge in [-0.2, -0.15) is 0 Å². The molecule has 0 spiro atoms. The van der Waals surface area contributed by atoms with E-state index in [0.717, 1.165) is 0 Å². The van der Waals surface area contributed by atoms with Gasteiger partial charge < -0.3 is 15.2 Å². The summed E-state index contributed by atoms with van der Waals surface area (Å²) in [5.41, 5.74) is -1.13. The first-order valence-electron chi connectivity index (χ1n) is 4.93. The van der Waals surface area contributed by atoms with Gasteiger partial charge in [-0.3, -0.25) is 9.59 Å². The molecule has 0 aromatic heterocycles. The molecule has 2 atom stereocenters. The van der Waals surface area contributed by atoms with E-state index < -0.39 is 35.2 Å². The van der Waals surface area contributed by atoms with E-state index in [1.165, 1.54) is 21.0 Å². The second-order valence-corrected chi connectivity index (χ2v) is 4.39. The SMILES string of the molecule is COC(=O)C(C)(C)NC(=O)C1CC1C(=O)O. The molecule has 6 nitrogen and oxygen atoms in total. The third-order valence-electron chi connectivity index (χ3n) is 2.58.